The van der Waals surface area contributed by atoms with Crippen LogP contribution in [0.1, 0.15) is 58.9 Å². The first kappa shape index (κ1) is 19.8. The number of hydrogen-bond acceptors (Lipinski definition) is 2. The molecule has 0 heterocycles. The number of aryl methyl sites for hydroxylation is 1. The van der Waals surface area contributed by atoms with Gasteiger partial charge in [-0.05, 0) is 41.2 Å². The Hall–Kier alpha value is -3.00. The standard InChI is InChI=1S/C26H26O2/c1-2-3-4-7-16-22-17-23(20-12-8-5-9-13-20)26(21-14-10-6-11-15-21)25(19-28)24(22)18-27/h5-6,8-15,17-19H,2-4,7,16H2,1H3. The van der Waals surface area contributed by atoms with Gasteiger partial charge in [0.1, 0.15) is 0 Å². The van der Waals surface area contributed by atoms with Crippen molar-refractivity contribution in [2.45, 2.75) is 39.0 Å². The zero-order chi connectivity index (χ0) is 19.8. The van der Waals surface area contributed by atoms with E-state index in [1.54, 1.807) is 0 Å². The van der Waals surface area contributed by atoms with Crippen LogP contribution in [0.15, 0.2) is 66.7 Å². The molecule has 0 atom stereocenters. The fourth-order valence-electron chi connectivity index (χ4n) is 3.75. The first-order valence-corrected chi connectivity index (χ1v) is 10.0. The molecule has 0 spiro atoms. The molecule has 0 N–H and O–H groups in total. The molecule has 0 fully saturated rings. The van der Waals surface area contributed by atoms with Gasteiger partial charge in [0, 0.05) is 16.7 Å². The lowest BCUT2D eigenvalue weighted by Gasteiger charge is -2.18. The van der Waals surface area contributed by atoms with Gasteiger partial charge in [0.2, 0.25) is 0 Å². The first-order valence-electron chi connectivity index (χ1n) is 10.0. The van der Waals surface area contributed by atoms with Gasteiger partial charge in [-0.1, -0.05) is 86.8 Å². The van der Waals surface area contributed by atoms with E-state index in [-0.39, 0.29) is 0 Å². The van der Waals surface area contributed by atoms with Crippen LogP contribution in [-0.4, -0.2) is 12.6 Å². The average molecular weight is 370 g/mol. The second-order valence-electron chi connectivity index (χ2n) is 7.06. The van der Waals surface area contributed by atoms with Gasteiger partial charge in [0.25, 0.3) is 0 Å². The SMILES string of the molecule is CCCCCCc1cc(-c2ccccc2)c(-c2ccccc2)c(C=O)c1C=O. The quantitative estimate of drug-likeness (QED) is 0.308. The summed E-state index contributed by atoms with van der Waals surface area (Å²) in [4.78, 5) is 24.1. The second kappa shape index (κ2) is 9.80. The van der Waals surface area contributed by atoms with E-state index in [2.05, 4.69) is 25.1 Å². The Kier molecular flexibility index (Phi) is 6.91. The van der Waals surface area contributed by atoms with Gasteiger partial charge in [-0.2, -0.15) is 0 Å². The molecule has 3 aromatic carbocycles. The number of hydrogen-bond donors (Lipinski definition) is 0. The van der Waals surface area contributed by atoms with Crippen LogP contribution < -0.4 is 0 Å². The smallest absolute Gasteiger partial charge is 0.151 e. The lowest BCUT2D eigenvalue weighted by molar-refractivity contribution is 0.109. The molecule has 3 rings (SSSR count). The average Bonchev–Trinajstić information content (AvgIpc) is 2.76. The van der Waals surface area contributed by atoms with Crippen LogP contribution in [0.25, 0.3) is 22.3 Å². The maximum Gasteiger partial charge on any atom is 0.151 e. The molecule has 2 nitrogen and oxygen atoms in total. The molecule has 0 saturated carbocycles. The van der Waals surface area contributed by atoms with Crippen LogP contribution in [0.5, 0.6) is 0 Å². The molecule has 0 aromatic heterocycles. The number of benzene rings is 3. The minimum atomic E-state index is 0.494. The van der Waals surface area contributed by atoms with Crippen LogP contribution in [0.4, 0.5) is 0 Å². The van der Waals surface area contributed by atoms with E-state index in [1.165, 1.54) is 12.8 Å². The van der Waals surface area contributed by atoms with Crippen molar-refractivity contribution < 1.29 is 9.59 Å². The Morgan fingerprint density at radius 1 is 0.714 bits per heavy atom. The van der Waals surface area contributed by atoms with Gasteiger partial charge in [0.15, 0.2) is 12.6 Å². The summed E-state index contributed by atoms with van der Waals surface area (Å²) in [6, 6.07) is 22.0. The van der Waals surface area contributed by atoms with Gasteiger partial charge in [-0.25, -0.2) is 0 Å². The van der Waals surface area contributed by atoms with Gasteiger partial charge >= 0.3 is 0 Å². The van der Waals surface area contributed by atoms with Crippen molar-refractivity contribution in [3.63, 3.8) is 0 Å². The number of rotatable bonds is 9. The summed E-state index contributed by atoms with van der Waals surface area (Å²) in [5.41, 5.74) is 5.83. The van der Waals surface area contributed by atoms with E-state index in [9.17, 15) is 9.59 Å². The Bertz CT molecular complexity index is 928. The van der Waals surface area contributed by atoms with E-state index in [1.807, 2.05) is 48.5 Å². The van der Waals surface area contributed by atoms with Crippen LogP contribution in [-0.2, 0) is 6.42 Å². The summed E-state index contributed by atoms with van der Waals surface area (Å²) < 4.78 is 0. The summed E-state index contributed by atoms with van der Waals surface area (Å²) >= 11 is 0. The Balaban J connectivity index is 2.22. The summed E-state index contributed by atoms with van der Waals surface area (Å²) in [7, 11) is 0. The molecule has 2 heteroatoms. The van der Waals surface area contributed by atoms with Crippen molar-refractivity contribution in [2.24, 2.45) is 0 Å². The minimum absolute atomic E-state index is 0.494. The summed E-state index contributed by atoms with van der Waals surface area (Å²) in [6.07, 6.45) is 7.00. The van der Waals surface area contributed by atoms with Crippen LogP contribution in [0.2, 0.25) is 0 Å². The van der Waals surface area contributed by atoms with Crippen molar-refractivity contribution >= 4 is 12.6 Å². The molecule has 0 aliphatic heterocycles. The highest BCUT2D eigenvalue weighted by Crippen LogP contribution is 2.37. The van der Waals surface area contributed by atoms with Gasteiger partial charge < -0.3 is 0 Å². The minimum Gasteiger partial charge on any atom is -0.298 e. The Morgan fingerprint density at radius 2 is 1.32 bits per heavy atom. The lowest BCUT2D eigenvalue weighted by atomic mass is 9.84. The van der Waals surface area contributed by atoms with Crippen LogP contribution in [0, 0.1) is 0 Å². The van der Waals surface area contributed by atoms with Gasteiger partial charge in [0.05, 0.1) is 0 Å². The van der Waals surface area contributed by atoms with Crippen LogP contribution >= 0.6 is 0 Å². The normalized spacial score (nSPS) is 10.6. The molecule has 142 valence electrons. The third-order valence-electron chi connectivity index (χ3n) is 5.18. The number of carbonyl (C=O) groups is 2. The van der Waals surface area contributed by atoms with E-state index >= 15 is 0 Å². The first-order chi connectivity index (χ1) is 13.8. The molecule has 0 unspecified atom stereocenters. The zero-order valence-corrected chi connectivity index (χ0v) is 16.4. The predicted octanol–water partition coefficient (Wildman–Crippen LogP) is 6.77. The fourth-order valence-corrected chi connectivity index (χ4v) is 3.75. The number of unbranched alkanes of at least 4 members (excludes halogenated alkanes) is 3. The molecule has 0 radical (unpaired) electrons. The Labute approximate surface area is 167 Å². The second-order valence-corrected chi connectivity index (χ2v) is 7.06. The third-order valence-corrected chi connectivity index (χ3v) is 5.18. The molecule has 3 aromatic rings. The highest BCUT2D eigenvalue weighted by atomic mass is 16.1. The molecule has 28 heavy (non-hydrogen) atoms. The van der Waals surface area contributed by atoms with E-state index < -0.39 is 0 Å². The van der Waals surface area contributed by atoms with E-state index in [0.29, 0.717) is 11.1 Å². The van der Waals surface area contributed by atoms with E-state index in [4.69, 9.17) is 0 Å². The molecular weight excluding hydrogens is 344 g/mol. The largest absolute Gasteiger partial charge is 0.298 e. The van der Waals surface area contributed by atoms with Crippen molar-refractivity contribution in [2.75, 3.05) is 0 Å². The molecular formula is C26H26O2. The molecule has 0 saturated heterocycles. The van der Waals surface area contributed by atoms with Crippen molar-refractivity contribution in [1.82, 2.24) is 0 Å². The van der Waals surface area contributed by atoms with Crippen molar-refractivity contribution in [3.05, 3.63) is 83.4 Å². The molecule has 0 amide bonds. The summed E-state index contributed by atoms with van der Waals surface area (Å²) in [6.45, 7) is 2.18. The van der Waals surface area contributed by atoms with Gasteiger partial charge in [-0.3, -0.25) is 9.59 Å². The number of aldehydes is 2. The summed E-state index contributed by atoms with van der Waals surface area (Å²) in [5.74, 6) is 0. The zero-order valence-electron chi connectivity index (χ0n) is 16.4. The highest BCUT2D eigenvalue weighted by molar-refractivity contribution is 6.03. The topological polar surface area (TPSA) is 34.1 Å². The van der Waals surface area contributed by atoms with Gasteiger partial charge in [-0.15, -0.1) is 0 Å². The Morgan fingerprint density at radius 3 is 1.89 bits per heavy atom. The molecule has 0 aliphatic carbocycles. The van der Waals surface area contributed by atoms with Crippen molar-refractivity contribution in [3.8, 4) is 22.3 Å². The monoisotopic (exact) mass is 370 g/mol. The van der Waals surface area contributed by atoms with Crippen molar-refractivity contribution in [1.29, 1.82) is 0 Å². The van der Waals surface area contributed by atoms with Crippen LogP contribution in [0.3, 0.4) is 0 Å². The molecule has 0 aliphatic rings. The highest BCUT2D eigenvalue weighted by Gasteiger charge is 2.19. The number of carbonyl (C=O) groups excluding carboxylic acids is 2. The van der Waals surface area contributed by atoms with E-state index in [0.717, 1.165) is 59.7 Å². The lowest BCUT2D eigenvalue weighted by Crippen LogP contribution is -2.04. The fraction of sp³-hybridized carbons (Fsp3) is 0.231. The summed E-state index contributed by atoms with van der Waals surface area (Å²) in [5, 5.41) is 0. The maximum absolute atomic E-state index is 12.1. The molecule has 0 bridgehead atoms. The maximum atomic E-state index is 12.1. The predicted molar refractivity (Wildman–Crippen MR) is 116 cm³/mol. The third kappa shape index (κ3) is 4.28.